The molecule has 0 radical (unpaired) electrons. The van der Waals surface area contributed by atoms with E-state index in [0.29, 0.717) is 17.9 Å². The molecule has 2 rings (SSSR count). The summed E-state index contributed by atoms with van der Waals surface area (Å²) in [6, 6.07) is 10.9. The molecule has 2 aromatic rings. The van der Waals surface area contributed by atoms with E-state index >= 15 is 0 Å². The van der Waals surface area contributed by atoms with Gasteiger partial charge in [0.15, 0.2) is 0 Å². The second-order valence-corrected chi connectivity index (χ2v) is 4.61. The second kappa shape index (κ2) is 5.64. The summed E-state index contributed by atoms with van der Waals surface area (Å²) in [6.45, 7) is 0.384. The van der Waals surface area contributed by atoms with E-state index in [2.05, 4.69) is 20.9 Å². The fourth-order valence-electron chi connectivity index (χ4n) is 1.40. The Bertz CT molecular complexity index is 554. The Morgan fingerprint density at radius 3 is 2.83 bits per heavy atom. The minimum absolute atomic E-state index is 0.0298. The van der Waals surface area contributed by atoms with E-state index < -0.39 is 0 Å². The first-order valence-electron chi connectivity index (χ1n) is 5.33. The van der Waals surface area contributed by atoms with Gasteiger partial charge in [0.05, 0.1) is 5.69 Å². The van der Waals surface area contributed by atoms with Crippen LogP contribution in [0.2, 0.25) is 0 Å². The Hall–Kier alpha value is -1.88. The molecule has 0 aliphatic heterocycles. The van der Waals surface area contributed by atoms with Crippen LogP contribution in [-0.4, -0.2) is 10.8 Å². The van der Waals surface area contributed by atoms with Crippen LogP contribution in [0, 0.1) is 5.41 Å². The summed E-state index contributed by atoms with van der Waals surface area (Å²) in [5.41, 5.74) is 6.91. The number of aromatic nitrogens is 1. The molecule has 0 saturated heterocycles. The van der Waals surface area contributed by atoms with E-state index in [0.717, 1.165) is 10.2 Å². The number of nitrogens with zero attached hydrogens (tertiary/aromatic N) is 1. The highest BCUT2D eigenvalue weighted by molar-refractivity contribution is 9.10. The first kappa shape index (κ1) is 12.6. The quantitative estimate of drug-likeness (QED) is 0.674. The van der Waals surface area contributed by atoms with Crippen molar-refractivity contribution in [2.75, 3.05) is 0 Å². The Morgan fingerprint density at radius 1 is 1.33 bits per heavy atom. The van der Waals surface area contributed by atoms with Crippen LogP contribution in [0.4, 0.5) is 0 Å². The summed E-state index contributed by atoms with van der Waals surface area (Å²) in [4.78, 5) is 4.21. The lowest BCUT2D eigenvalue weighted by Crippen LogP contribution is -2.10. The van der Waals surface area contributed by atoms with Gasteiger partial charge in [-0.25, -0.2) is 0 Å². The van der Waals surface area contributed by atoms with Crippen LogP contribution in [-0.2, 0) is 6.61 Å². The summed E-state index contributed by atoms with van der Waals surface area (Å²) in [7, 11) is 0. The van der Waals surface area contributed by atoms with E-state index in [9.17, 15) is 0 Å². The smallest absolute Gasteiger partial charge is 0.130 e. The summed E-state index contributed by atoms with van der Waals surface area (Å²) in [5.74, 6) is 0.703. The maximum Gasteiger partial charge on any atom is 0.130 e. The van der Waals surface area contributed by atoms with E-state index in [-0.39, 0.29) is 5.84 Å². The number of nitrogens with one attached hydrogen (secondary N) is 1. The molecule has 0 atom stereocenters. The van der Waals surface area contributed by atoms with Crippen molar-refractivity contribution in [3.8, 4) is 5.75 Å². The van der Waals surface area contributed by atoms with E-state index in [1.807, 2.05) is 18.2 Å². The Kier molecular flexibility index (Phi) is 3.94. The number of hydrogen-bond acceptors (Lipinski definition) is 3. The van der Waals surface area contributed by atoms with Gasteiger partial charge in [-0.2, -0.15) is 0 Å². The zero-order valence-corrected chi connectivity index (χ0v) is 11.1. The Morgan fingerprint density at radius 2 is 2.17 bits per heavy atom. The average Bonchev–Trinajstić information content (AvgIpc) is 2.38. The predicted octanol–water partition coefficient (Wildman–Crippen LogP) is 2.71. The van der Waals surface area contributed by atoms with Gasteiger partial charge in [-0.05, 0) is 40.2 Å². The van der Waals surface area contributed by atoms with Gasteiger partial charge in [0, 0.05) is 16.2 Å². The van der Waals surface area contributed by atoms with Gasteiger partial charge in [-0.15, -0.1) is 0 Å². The molecule has 0 aliphatic rings. The molecule has 0 aliphatic carbocycles. The van der Waals surface area contributed by atoms with Gasteiger partial charge in [-0.3, -0.25) is 10.4 Å². The normalized spacial score (nSPS) is 10.1. The van der Waals surface area contributed by atoms with Crippen molar-refractivity contribution in [3.63, 3.8) is 0 Å². The Labute approximate surface area is 113 Å². The first-order chi connectivity index (χ1) is 8.65. The molecule has 1 aromatic heterocycles. The third kappa shape index (κ3) is 3.30. The highest BCUT2D eigenvalue weighted by Crippen LogP contribution is 2.15. The van der Waals surface area contributed by atoms with Crippen LogP contribution in [0.3, 0.4) is 0 Å². The lowest BCUT2D eigenvalue weighted by Gasteiger charge is -2.07. The van der Waals surface area contributed by atoms with E-state index in [4.69, 9.17) is 15.9 Å². The third-order valence-electron chi connectivity index (χ3n) is 2.32. The van der Waals surface area contributed by atoms with Crippen LogP contribution < -0.4 is 10.5 Å². The monoisotopic (exact) mass is 305 g/mol. The molecule has 0 saturated carbocycles. The lowest BCUT2D eigenvalue weighted by molar-refractivity contribution is 0.301. The second-order valence-electron chi connectivity index (χ2n) is 3.70. The van der Waals surface area contributed by atoms with Gasteiger partial charge in [0.2, 0.25) is 0 Å². The number of amidine groups is 1. The number of benzene rings is 1. The molecule has 0 unspecified atom stereocenters. The predicted molar refractivity (Wildman–Crippen MR) is 73.7 cm³/mol. The number of hydrogen-bond donors (Lipinski definition) is 2. The van der Waals surface area contributed by atoms with Crippen LogP contribution in [0.15, 0.2) is 47.1 Å². The fraction of sp³-hybridized carbons (Fsp3) is 0.0769. The van der Waals surface area contributed by atoms with E-state index in [1.54, 1.807) is 24.4 Å². The highest BCUT2D eigenvalue weighted by Gasteiger charge is 2.00. The van der Waals surface area contributed by atoms with Crippen molar-refractivity contribution in [2.24, 2.45) is 5.73 Å². The molecule has 0 spiro atoms. The van der Waals surface area contributed by atoms with Gasteiger partial charge >= 0.3 is 0 Å². The summed E-state index contributed by atoms with van der Waals surface area (Å²) in [5, 5.41) is 7.36. The molecule has 1 aromatic carbocycles. The maximum atomic E-state index is 7.36. The molecule has 3 N–H and O–H groups in total. The molecule has 0 fully saturated rings. The van der Waals surface area contributed by atoms with Crippen LogP contribution in [0.5, 0.6) is 5.75 Å². The number of ether oxygens (including phenoxy) is 1. The zero-order chi connectivity index (χ0) is 13.0. The van der Waals surface area contributed by atoms with Gasteiger partial charge < -0.3 is 10.5 Å². The van der Waals surface area contributed by atoms with Crippen LogP contribution >= 0.6 is 15.9 Å². The number of nitrogen functional groups attached to an aromatic ring is 1. The standard InChI is InChI=1S/C13H12BrN3O/c14-10-4-5-11(17-7-10)8-18-12-3-1-2-9(6-12)13(15)16/h1-7H,8H2,(H3,15,16). The molecule has 4 nitrogen and oxygen atoms in total. The molecule has 1 heterocycles. The molecule has 0 amide bonds. The minimum atomic E-state index is 0.0298. The van der Waals surface area contributed by atoms with Crippen molar-refractivity contribution >= 4 is 21.8 Å². The highest BCUT2D eigenvalue weighted by atomic mass is 79.9. The Balaban J connectivity index is 2.04. The number of halogens is 1. The molecule has 0 bridgehead atoms. The zero-order valence-electron chi connectivity index (χ0n) is 9.56. The first-order valence-corrected chi connectivity index (χ1v) is 6.12. The maximum absolute atomic E-state index is 7.36. The van der Waals surface area contributed by atoms with Gasteiger partial charge in [0.25, 0.3) is 0 Å². The van der Waals surface area contributed by atoms with Crippen molar-refractivity contribution in [2.45, 2.75) is 6.61 Å². The molecular formula is C13H12BrN3O. The molecule has 92 valence electrons. The fourth-order valence-corrected chi connectivity index (χ4v) is 1.64. The molecule has 18 heavy (non-hydrogen) atoms. The topological polar surface area (TPSA) is 72.0 Å². The summed E-state index contributed by atoms with van der Waals surface area (Å²) >= 11 is 3.33. The largest absolute Gasteiger partial charge is 0.487 e. The number of rotatable bonds is 4. The lowest BCUT2D eigenvalue weighted by atomic mass is 10.2. The van der Waals surface area contributed by atoms with Crippen molar-refractivity contribution in [3.05, 3.63) is 58.3 Å². The van der Waals surface area contributed by atoms with Gasteiger partial charge in [-0.1, -0.05) is 12.1 Å². The van der Waals surface area contributed by atoms with Gasteiger partial charge in [0.1, 0.15) is 18.2 Å². The van der Waals surface area contributed by atoms with Crippen molar-refractivity contribution < 1.29 is 4.74 Å². The molecular weight excluding hydrogens is 294 g/mol. The van der Waals surface area contributed by atoms with Crippen molar-refractivity contribution in [1.29, 1.82) is 5.41 Å². The number of nitrogens with two attached hydrogens (primary N) is 1. The molecule has 5 heteroatoms. The summed E-state index contributed by atoms with van der Waals surface area (Å²) in [6.07, 6.45) is 1.73. The number of pyridine rings is 1. The summed E-state index contributed by atoms with van der Waals surface area (Å²) < 4.78 is 6.53. The van der Waals surface area contributed by atoms with Crippen LogP contribution in [0.25, 0.3) is 0 Å². The minimum Gasteiger partial charge on any atom is -0.487 e. The average molecular weight is 306 g/mol. The third-order valence-corrected chi connectivity index (χ3v) is 2.79. The van der Waals surface area contributed by atoms with Crippen LogP contribution in [0.1, 0.15) is 11.3 Å². The van der Waals surface area contributed by atoms with E-state index in [1.165, 1.54) is 0 Å². The van der Waals surface area contributed by atoms with Crippen molar-refractivity contribution in [1.82, 2.24) is 4.98 Å². The SMILES string of the molecule is N=C(N)c1cccc(OCc2ccc(Br)cn2)c1.